The van der Waals surface area contributed by atoms with Crippen LogP contribution in [0, 0.1) is 0 Å². The van der Waals surface area contributed by atoms with E-state index in [1.54, 1.807) is 37.6 Å². The van der Waals surface area contributed by atoms with E-state index in [9.17, 15) is 14.2 Å². The van der Waals surface area contributed by atoms with Crippen LogP contribution in [0.15, 0.2) is 48.7 Å². The van der Waals surface area contributed by atoms with Gasteiger partial charge in [-0.1, -0.05) is 23.7 Å². The van der Waals surface area contributed by atoms with Gasteiger partial charge in [0.1, 0.15) is 12.6 Å². The maximum absolute atomic E-state index is 13.3. The van der Waals surface area contributed by atoms with Crippen molar-refractivity contribution in [3.05, 3.63) is 59.3 Å². The summed E-state index contributed by atoms with van der Waals surface area (Å²) in [7, 11) is 1.27. The van der Waals surface area contributed by atoms with Crippen molar-refractivity contribution in [3.63, 3.8) is 0 Å². The van der Waals surface area contributed by atoms with Crippen molar-refractivity contribution >= 4 is 53.0 Å². The number of anilines is 1. The van der Waals surface area contributed by atoms with E-state index in [1.807, 2.05) is 46.7 Å². The number of para-hydroxylation sites is 1. The largest absolute Gasteiger partial charge is 0.337 e. The number of hydrogen-bond acceptors (Lipinski definition) is 6. The zero-order valence-corrected chi connectivity index (χ0v) is 23.9. The molecule has 1 saturated heterocycles. The second kappa shape index (κ2) is 11.8. The molecule has 2 amide bonds. The minimum atomic E-state index is -2.64. The molecule has 0 saturated carbocycles. The van der Waals surface area contributed by atoms with Crippen LogP contribution in [-0.4, -0.2) is 83.2 Å². The highest BCUT2D eigenvalue weighted by atomic mass is 35.5. The molecular formula is C27H34ClN6O3P. The van der Waals surface area contributed by atoms with E-state index in [2.05, 4.69) is 10.3 Å². The number of aromatic nitrogens is 3. The highest BCUT2D eigenvalue weighted by Crippen LogP contribution is 2.35. The molecule has 1 fully saturated rings. The fraction of sp³-hybridized carbons (Fsp3) is 0.407. The number of fused-ring (bicyclic) bond motifs is 1. The van der Waals surface area contributed by atoms with E-state index in [0.717, 1.165) is 19.3 Å². The fourth-order valence-corrected chi connectivity index (χ4v) is 5.63. The van der Waals surface area contributed by atoms with Crippen LogP contribution in [0.5, 0.6) is 0 Å². The molecule has 1 aliphatic rings. The van der Waals surface area contributed by atoms with Crippen LogP contribution in [0.1, 0.15) is 35.7 Å². The third-order valence-electron chi connectivity index (χ3n) is 6.50. The van der Waals surface area contributed by atoms with Crippen molar-refractivity contribution < 1.29 is 14.2 Å². The van der Waals surface area contributed by atoms with Crippen LogP contribution in [0.3, 0.4) is 0 Å². The zero-order valence-electron chi connectivity index (χ0n) is 22.2. The molecule has 11 heteroatoms. The Balaban J connectivity index is 1.68. The van der Waals surface area contributed by atoms with Crippen LogP contribution >= 0.6 is 18.7 Å². The van der Waals surface area contributed by atoms with Crippen LogP contribution in [0.2, 0.25) is 5.02 Å². The van der Waals surface area contributed by atoms with Crippen LogP contribution in [0.25, 0.3) is 11.0 Å². The first-order valence-electron chi connectivity index (χ1n) is 12.6. The summed E-state index contributed by atoms with van der Waals surface area (Å²) in [6.07, 6.45) is 7.60. The highest BCUT2D eigenvalue weighted by molar-refractivity contribution is 7.69. The molecule has 0 bridgehead atoms. The second-order valence-corrected chi connectivity index (χ2v) is 13.8. The molecule has 1 aromatic carbocycles. The van der Waals surface area contributed by atoms with Gasteiger partial charge < -0.3 is 18.9 Å². The van der Waals surface area contributed by atoms with Gasteiger partial charge in [0.15, 0.2) is 0 Å². The SMILES string of the molecule is CN(C)CC=CC(=O)N1CCCC[C@@H](n2c(NC(=O)c3ccnc(P(C)(C)=O)c3)nc3cccc(Cl)c32)C1. The Bertz CT molecular complexity index is 1410. The predicted octanol–water partition coefficient (Wildman–Crippen LogP) is 4.26. The molecule has 1 N–H and O–H groups in total. The molecule has 0 unspecified atom stereocenters. The Morgan fingerprint density at radius 1 is 1.24 bits per heavy atom. The van der Waals surface area contributed by atoms with Gasteiger partial charge in [-0.25, -0.2) is 4.98 Å². The summed E-state index contributed by atoms with van der Waals surface area (Å²) in [4.78, 5) is 39.1. The van der Waals surface area contributed by atoms with E-state index < -0.39 is 7.14 Å². The lowest BCUT2D eigenvalue weighted by Gasteiger charge is -2.26. The van der Waals surface area contributed by atoms with Gasteiger partial charge in [-0.2, -0.15) is 0 Å². The van der Waals surface area contributed by atoms with E-state index >= 15 is 0 Å². The van der Waals surface area contributed by atoms with Gasteiger partial charge in [-0.15, -0.1) is 0 Å². The molecule has 38 heavy (non-hydrogen) atoms. The Hall–Kier alpha value is -3.00. The smallest absolute Gasteiger partial charge is 0.258 e. The molecule has 0 aliphatic carbocycles. The van der Waals surface area contributed by atoms with E-state index in [4.69, 9.17) is 16.6 Å². The standard InChI is InChI=1S/C27H34ClN6O3P/c1-32(2)15-8-12-24(35)33-16-6-5-9-20(18-33)34-25-21(28)10-7-11-22(25)30-27(34)31-26(36)19-13-14-29-23(17-19)38(3,4)37/h7-8,10-14,17,20H,5-6,9,15-16,18H2,1-4H3,(H,30,31,36)/t20-/m1/s1. The number of benzene rings is 1. The molecular weight excluding hydrogens is 523 g/mol. The third kappa shape index (κ3) is 6.52. The monoisotopic (exact) mass is 556 g/mol. The second-order valence-electron chi connectivity index (χ2n) is 10.2. The number of nitrogens with zero attached hydrogens (tertiary/aromatic N) is 5. The summed E-state index contributed by atoms with van der Waals surface area (Å²) < 4.78 is 14.5. The van der Waals surface area contributed by atoms with Crippen LogP contribution < -0.4 is 10.8 Å². The minimum absolute atomic E-state index is 0.0345. The number of carbonyl (C=O) groups excluding carboxylic acids is 2. The molecule has 3 aromatic rings. The van der Waals surface area contributed by atoms with Gasteiger partial charge in [-0.3, -0.25) is 19.9 Å². The first kappa shape index (κ1) is 28.0. The third-order valence-corrected chi connectivity index (χ3v) is 8.15. The Labute approximate surface area is 228 Å². The maximum Gasteiger partial charge on any atom is 0.258 e. The number of rotatable bonds is 7. The summed E-state index contributed by atoms with van der Waals surface area (Å²) in [5.74, 6) is -0.0641. The number of pyridine rings is 1. The van der Waals surface area contributed by atoms with E-state index in [1.165, 1.54) is 6.20 Å². The number of likely N-dealkylation sites (N-methyl/N-ethyl adjacent to an activating group) is 1. The van der Waals surface area contributed by atoms with Crippen LogP contribution in [0.4, 0.5) is 5.95 Å². The number of halogens is 1. The number of likely N-dealkylation sites (tertiary alicyclic amines) is 1. The number of imidazole rings is 1. The van der Waals surface area contributed by atoms with Gasteiger partial charge >= 0.3 is 0 Å². The van der Waals surface area contributed by atoms with Crippen molar-refractivity contribution in [3.8, 4) is 0 Å². The molecule has 2 aromatic heterocycles. The average Bonchev–Trinajstić information content (AvgIpc) is 3.05. The summed E-state index contributed by atoms with van der Waals surface area (Å²) in [5, 5.41) is 3.47. The molecule has 1 atom stereocenters. The lowest BCUT2D eigenvalue weighted by molar-refractivity contribution is -0.126. The number of nitrogens with one attached hydrogen (secondary N) is 1. The van der Waals surface area contributed by atoms with Crippen LogP contribution in [-0.2, 0) is 9.36 Å². The Morgan fingerprint density at radius 3 is 2.76 bits per heavy atom. The fourth-order valence-electron chi connectivity index (χ4n) is 4.58. The Kier molecular flexibility index (Phi) is 8.71. The van der Waals surface area contributed by atoms with Gasteiger partial charge in [0.2, 0.25) is 11.9 Å². The summed E-state index contributed by atoms with van der Waals surface area (Å²) >= 11 is 6.65. The quantitative estimate of drug-likeness (QED) is 0.345. The zero-order chi connectivity index (χ0) is 27.4. The summed E-state index contributed by atoms with van der Waals surface area (Å²) in [6.45, 7) is 5.06. The number of amides is 2. The van der Waals surface area contributed by atoms with E-state index in [0.29, 0.717) is 52.6 Å². The molecule has 4 rings (SSSR count). The number of hydrogen-bond donors (Lipinski definition) is 1. The molecule has 3 heterocycles. The minimum Gasteiger partial charge on any atom is -0.337 e. The summed E-state index contributed by atoms with van der Waals surface area (Å²) in [6, 6.07) is 8.48. The molecule has 9 nitrogen and oxygen atoms in total. The summed E-state index contributed by atoms with van der Waals surface area (Å²) in [5.41, 5.74) is 2.10. The van der Waals surface area contributed by atoms with Crippen molar-refractivity contribution in [2.24, 2.45) is 0 Å². The predicted molar refractivity (Wildman–Crippen MR) is 153 cm³/mol. The lowest BCUT2D eigenvalue weighted by Crippen LogP contribution is -2.34. The molecule has 202 valence electrons. The van der Waals surface area contributed by atoms with Crippen molar-refractivity contribution in [1.29, 1.82) is 0 Å². The van der Waals surface area contributed by atoms with Crippen molar-refractivity contribution in [2.75, 3.05) is 52.4 Å². The van der Waals surface area contributed by atoms with Gasteiger partial charge in [0.25, 0.3) is 5.91 Å². The van der Waals surface area contributed by atoms with Gasteiger partial charge in [0.05, 0.1) is 22.1 Å². The maximum atomic E-state index is 13.3. The first-order valence-corrected chi connectivity index (χ1v) is 15.6. The molecule has 0 spiro atoms. The average molecular weight is 557 g/mol. The molecule has 0 radical (unpaired) electrons. The lowest BCUT2D eigenvalue weighted by atomic mass is 10.1. The van der Waals surface area contributed by atoms with E-state index in [-0.39, 0.29) is 17.9 Å². The first-order chi connectivity index (χ1) is 18.0. The topological polar surface area (TPSA) is 100 Å². The Morgan fingerprint density at radius 2 is 2.03 bits per heavy atom. The number of carbonyl (C=O) groups is 2. The van der Waals surface area contributed by atoms with Crippen molar-refractivity contribution in [1.82, 2.24) is 24.3 Å². The van der Waals surface area contributed by atoms with Gasteiger partial charge in [-0.05, 0) is 71.0 Å². The van der Waals surface area contributed by atoms with Crippen molar-refractivity contribution in [2.45, 2.75) is 25.3 Å². The van der Waals surface area contributed by atoms with Gasteiger partial charge in [0, 0.05) is 37.5 Å². The normalized spacial score (nSPS) is 16.8. The molecule has 1 aliphatic heterocycles. The highest BCUT2D eigenvalue weighted by Gasteiger charge is 2.27.